The van der Waals surface area contributed by atoms with Crippen molar-refractivity contribution >= 4 is 33.2 Å². The number of aryl methyl sites for hydroxylation is 1. The van der Waals surface area contributed by atoms with Crippen LogP contribution >= 0.6 is 11.6 Å². The number of halogens is 1. The molecule has 1 N–H and O–H groups in total. The first-order valence-corrected chi connectivity index (χ1v) is 12.1. The molecule has 5 nitrogen and oxygen atoms in total. The zero-order valence-corrected chi connectivity index (χ0v) is 20.0. The maximum atomic E-state index is 13.4. The number of benzene rings is 3. The molecule has 7 heteroatoms. The fraction of sp³-hybridized carbons (Fsp3) is 0.240. The Kier molecular flexibility index (Phi) is 7.26. The molecule has 0 saturated carbocycles. The molecule has 0 aliphatic heterocycles. The van der Waals surface area contributed by atoms with Crippen molar-refractivity contribution < 1.29 is 13.2 Å². The molecular formula is C25H27ClN2O3S. The van der Waals surface area contributed by atoms with Crippen LogP contribution in [0.1, 0.15) is 25.0 Å². The quantitative estimate of drug-likeness (QED) is 0.504. The summed E-state index contributed by atoms with van der Waals surface area (Å²) in [6.45, 7) is 5.29. The summed E-state index contributed by atoms with van der Waals surface area (Å²) < 4.78 is 27.9. The number of hydrogen-bond donors (Lipinski definition) is 1. The number of nitrogens with one attached hydrogen (secondary N) is 1. The van der Waals surface area contributed by atoms with Crippen LogP contribution in [-0.4, -0.2) is 26.4 Å². The third kappa shape index (κ3) is 5.90. The molecule has 32 heavy (non-hydrogen) atoms. The number of sulfonamides is 1. The lowest BCUT2D eigenvalue weighted by molar-refractivity contribution is -0.121. The molecule has 0 unspecified atom stereocenters. The lowest BCUT2D eigenvalue weighted by atomic mass is 9.95. The first kappa shape index (κ1) is 23.8. The number of carbonyl (C=O) groups excluding carboxylic acids is 1. The van der Waals surface area contributed by atoms with Crippen molar-refractivity contribution in [3.63, 3.8) is 0 Å². The van der Waals surface area contributed by atoms with Crippen molar-refractivity contribution in [1.29, 1.82) is 0 Å². The minimum absolute atomic E-state index is 0.105. The molecule has 0 bridgehead atoms. The average Bonchev–Trinajstić information content (AvgIpc) is 2.74. The number of nitrogens with zero attached hydrogens (tertiary/aromatic N) is 1. The van der Waals surface area contributed by atoms with Crippen LogP contribution in [0.4, 0.5) is 5.69 Å². The largest absolute Gasteiger partial charge is 0.349 e. The molecule has 0 heterocycles. The molecule has 168 valence electrons. The number of hydrogen-bond acceptors (Lipinski definition) is 3. The van der Waals surface area contributed by atoms with Gasteiger partial charge in [0.25, 0.3) is 10.0 Å². The van der Waals surface area contributed by atoms with E-state index in [1.54, 1.807) is 36.4 Å². The Hall–Kier alpha value is -2.83. The highest BCUT2D eigenvalue weighted by Gasteiger charge is 2.29. The summed E-state index contributed by atoms with van der Waals surface area (Å²) in [5, 5.41) is 3.41. The lowest BCUT2D eigenvalue weighted by Gasteiger charge is -2.29. The minimum atomic E-state index is -3.98. The summed E-state index contributed by atoms with van der Waals surface area (Å²) in [6.07, 6.45) is 0.612. The van der Waals surface area contributed by atoms with Crippen molar-refractivity contribution in [2.75, 3.05) is 10.8 Å². The van der Waals surface area contributed by atoms with E-state index in [0.717, 1.165) is 15.4 Å². The maximum absolute atomic E-state index is 13.4. The predicted molar refractivity (Wildman–Crippen MR) is 130 cm³/mol. The van der Waals surface area contributed by atoms with E-state index in [0.29, 0.717) is 17.1 Å². The summed E-state index contributed by atoms with van der Waals surface area (Å²) >= 11 is 6.27. The summed E-state index contributed by atoms with van der Waals surface area (Å²) in [5.41, 5.74) is 1.67. The predicted octanol–water partition coefficient (Wildman–Crippen LogP) is 4.98. The second kappa shape index (κ2) is 9.76. The first-order valence-electron chi connectivity index (χ1n) is 10.3. The van der Waals surface area contributed by atoms with Gasteiger partial charge in [0.05, 0.1) is 10.6 Å². The number of carbonyl (C=O) groups is 1. The van der Waals surface area contributed by atoms with Gasteiger partial charge in [0.2, 0.25) is 5.91 Å². The van der Waals surface area contributed by atoms with Gasteiger partial charge in [0, 0.05) is 10.6 Å². The summed E-state index contributed by atoms with van der Waals surface area (Å²) in [5.74, 6) is -0.401. The smallest absolute Gasteiger partial charge is 0.264 e. The third-order valence-corrected chi connectivity index (χ3v) is 7.22. The van der Waals surface area contributed by atoms with Crippen molar-refractivity contribution in [3.05, 3.63) is 95.0 Å². The van der Waals surface area contributed by atoms with Crippen molar-refractivity contribution in [2.24, 2.45) is 0 Å². The van der Waals surface area contributed by atoms with E-state index in [9.17, 15) is 13.2 Å². The molecule has 1 amide bonds. The van der Waals surface area contributed by atoms with Gasteiger partial charge in [-0.15, -0.1) is 0 Å². The molecule has 0 spiro atoms. The van der Waals surface area contributed by atoms with E-state index in [1.165, 1.54) is 12.1 Å². The molecule has 0 radical (unpaired) electrons. The van der Waals surface area contributed by atoms with Crippen molar-refractivity contribution in [1.82, 2.24) is 5.32 Å². The fourth-order valence-corrected chi connectivity index (χ4v) is 5.08. The lowest BCUT2D eigenvalue weighted by Crippen LogP contribution is -2.50. The Morgan fingerprint density at radius 2 is 1.56 bits per heavy atom. The summed E-state index contributed by atoms with van der Waals surface area (Å²) in [4.78, 5) is 13.1. The zero-order valence-electron chi connectivity index (χ0n) is 18.4. The minimum Gasteiger partial charge on any atom is -0.349 e. The number of rotatable bonds is 8. The highest BCUT2D eigenvalue weighted by atomic mass is 35.5. The average molecular weight is 471 g/mol. The van der Waals surface area contributed by atoms with E-state index in [1.807, 2.05) is 51.1 Å². The van der Waals surface area contributed by atoms with Crippen LogP contribution < -0.4 is 9.62 Å². The molecule has 0 aromatic heterocycles. The molecule has 0 aliphatic carbocycles. The van der Waals surface area contributed by atoms with Gasteiger partial charge in [0.15, 0.2) is 0 Å². The van der Waals surface area contributed by atoms with Gasteiger partial charge in [-0.3, -0.25) is 9.10 Å². The Morgan fingerprint density at radius 1 is 0.969 bits per heavy atom. The molecule has 0 saturated heterocycles. The van der Waals surface area contributed by atoms with E-state index in [-0.39, 0.29) is 11.4 Å². The third-order valence-electron chi connectivity index (χ3n) is 5.03. The molecule has 3 aromatic rings. The monoisotopic (exact) mass is 470 g/mol. The Morgan fingerprint density at radius 3 is 2.16 bits per heavy atom. The Bertz CT molecular complexity index is 1180. The molecular weight excluding hydrogens is 444 g/mol. The van der Waals surface area contributed by atoms with E-state index in [4.69, 9.17) is 11.6 Å². The maximum Gasteiger partial charge on any atom is 0.264 e. The second-order valence-corrected chi connectivity index (χ2v) is 10.6. The van der Waals surface area contributed by atoms with Crippen LogP contribution in [0.5, 0.6) is 0 Å². The van der Waals surface area contributed by atoms with Gasteiger partial charge in [-0.1, -0.05) is 66.2 Å². The first-order chi connectivity index (χ1) is 15.1. The zero-order chi connectivity index (χ0) is 23.4. The van der Waals surface area contributed by atoms with Gasteiger partial charge >= 0.3 is 0 Å². The van der Waals surface area contributed by atoms with Gasteiger partial charge in [-0.2, -0.15) is 0 Å². The SMILES string of the molecule is Cc1ccc(N(CC(=O)NC(C)(C)Cc2ccccc2)S(=O)(=O)c2ccccc2)cc1Cl. The van der Waals surface area contributed by atoms with Gasteiger partial charge in [-0.25, -0.2) is 8.42 Å². The van der Waals surface area contributed by atoms with Crippen LogP contribution in [-0.2, 0) is 21.2 Å². The van der Waals surface area contributed by atoms with Crippen molar-refractivity contribution in [3.8, 4) is 0 Å². The topological polar surface area (TPSA) is 66.5 Å². The van der Waals surface area contributed by atoms with Crippen LogP contribution in [0.3, 0.4) is 0 Å². The van der Waals surface area contributed by atoms with Gasteiger partial charge < -0.3 is 5.32 Å². The highest BCUT2D eigenvalue weighted by molar-refractivity contribution is 7.92. The summed E-state index contributed by atoms with van der Waals surface area (Å²) in [6, 6.07) is 22.8. The highest BCUT2D eigenvalue weighted by Crippen LogP contribution is 2.28. The van der Waals surface area contributed by atoms with Crippen LogP contribution in [0.15, 0.2) is 83.8 Å². The van der Waals surface area contributed by atoms with E-state index >= 15 is 0 Å². The number of amides is 1. The van der Waals surface area contributed by atoms with E-state index in [2.05, 4.69) is 5.32 Å². The van der Waals surface area contributed by atoms with Crippen LogP contribution in [0.25, 0.3) is 0 Å². The van der Waals surface area contributed by atoms with E-state index < -0.39 is 21.5 Å². The Balaban J connectivity index is 1.88. The van der Waals surface area contributed by atoms with Crippen LogP contribution in [0.2, 0.25) is 5.02 Å². The van der Waals surface area contributed by atoms with Gasteiger partial charge in [-0.05, 0) is 62.6 Å². The number of anilines is 1. The van der Waals surface area contributed by atoms with Gasteiger partial charge in [0.1, 0.15) is 6.54 Å². The fourth-order valence-electron chi connectivity index (χ4n) is 3.47. The standard InChI is InChI=1S/C25H27ClN2O3S/c1-19-14-15-21(16-23(19)26)28(32(30,31)22-12-8-5-9-13-22)18-24(29)27-25(2,3)17-20-10-6-4-7-11-20/h4-16H,17-18H2,1-3H3,(H,27,29). The molecule has 3 aromatic carbocycles. The molecule has 0 atom stereocenters. The second-order valence-electron chi connectivity index (χ2n) is 8.35. The molecule has 0 aliphatic rings. The molecule has 0 fully saturated rings. The van der Waals surface area contributed by atoms with Crippen molar-refractivity contribution in [2.45, 2.75) is 37.6 Å². The van der Waals surface area contributed by atoms with Crippen LogP contribution in [0, 0.1) is 6.92 Å². The normalized spacial score (nSPS) is 11.8. The molecule has 3 rings (SSSR count). The summed E-state index contributed by atoms with van der Waals surface area (Å²) in [7, 11) is -3.98. The Labute approximate surface area is 195 Å².